The van der Waals surface area contributed by atoms with Gasteiger partial charge < -0.3 is 14.2 Å². The second-order valence-electron chi connectivity index (χ2n) is 12.9. The van der Waals surface area contributed by atoms with Crippen molar-refractivity contribution in [1.29, 1.82) is 0 Å². The van der Waals surface area contributed by atoms with Gasteiger partial charge in [-0.25, -0.2) is 17.6 Å². The summed E-state index contributed by atoms with van der Waals surface area (Å²) >= 11 is 0. The molecule has 0 saturated heterocycles. The number of ether oxygens (including phenoxy) is 3. The van der Waals surface area contributed by atoms with Crippen molar-refractivity contribution in [2.45, 2.75) is 17.8 Å². The Labute approximate surface area is 340 Å². The third-order valence-electron chi connectivity index (χ3n) is 9.26. The SMILES string of the molecule is C=Cc1c(F)c(F)c(Oc2ccc(C(=O)c3ccc(Oc4ccc(C(c5ccc(Oc6c(F)c(F)c(C=C)c(F)c6F)cc5)(C(F)(F)F)C(F)(F)F)cc4)cc3)cc2)c(F)c1F. The van der Waals surface area contributed by atoms with Crippen molar-refractivity contribution in [3.05, 3.63) is 190 Å². The number of carbonyl (C=O) groups excluding carboxylic acids is 1. The molecule has 0 aromatic heterocycles. The first-order valence-corrected chi connectivity index (χ1v) is 17.3. The zero-order valence-electron chi connectivity index (χ0n) is 30.7. The van der Waals surface area contributed by atoms with Crippen LogP contribution in [0.4, 0.5) is 61.5 Å². The summed E-state index contributed by atoms with van der Waals surface area (Å²) < 4.78 is 218. The van der Waals surface area contributed by atoms with Crippen LogP contribution in [0.5, 0.6) is 34.5 Å². The Kier molecular flexibility index (Phi) is 12.0. The van der Waals surface area contributed by atoms with Gasteiger partial charge in [-0.15, -0.1) is 0 Å². The summed E-state index contributed by atoms with van der Waals surface area (Å²) in [4.78, 5) is 13.1. The van der Waals surface area contributed by atoms with Gasteiger partial charge in [0.2, 0.25) is 40.2 Å². The summed E-state index contributed by atoms with van der Waals surface area (Å²) in [7, 11) is 0. The van der Waals surface area contributed by atoms with Gasteiger partial charge in [0, 0.05) is 11.1 Å². The van der Waals surface area contributed by atoms with E-state index < -0.39 is 110 Å². The molecule has 320 valence electrons. The standard InChI is InChI=1S/C44H22F14O4/c1-3-29-31(45)35(49)40(36(50)32(29)46)61-27-15-7-22(8-16-27)39(59)21-5-13-25(14-6-21)60-26-17-9-23(10-18-26)42(43(53,54)55,44(56,57)58)24-11-19-28(20-12-24)62-41-37(51)33(47)30(4-2)34(48)38(41)52/h3-20H,1-2H2. The van der Waals surface area contributed by atoms with Gasteiger partial charge in [-0.2, -0.15) is 43.9 Å². The number of rotatable bonds is 12. The van der Waals surface area contributed by atoms with E-state index in [0.717, 1.165) is 24.3 Å². The highest BCUT2D eigenvalue weighted by atomic mass is 19.4. The van der Waals surface area contributed by atoms with Crippen LogP contribution in [-0.2, 0) is 5.41 Å². The maximum atomic E-state index is 14.8. The number of ketones is 1. The van der Waals surface area contributed by atoms with Crippen molar-refractivity contribution in [2.24, 2.45) is 0 Å². The fourth-order valence-corrected chi connectivity index (χ4v) is 6.21. The van der Waals surface area contributed by atoms with E-state index in [-0.39, 0.29) is 28.4 Å². The summed E-state index contributed by atoms with van der Waals surface area (Å²) in [5, 5.41) is 0. The highest BCUT2D eigenvalue weighted by Gasteiger charge is 2.72. The van der Waals surface area contributed by atoms with Gasteiger partial charge in [-0.1, -0.05) is 49.6 Å². The summed E-state index contributed by atoms with van der Waals surface area (Å²) in [6.07, 6.45) is -11.1. The van der Waals surface area contributed by atoms with Crippen molar-refractivity contribution in [2.75, 3.05) is 0 Å². The van der Waals surface area contributed by atoms with Crippen LogP contribution in [0.2, 0.25) is 0 Å². The maximum absolute atomic E-state index is 14.8. The van der Waals surface area contributed by atoms with Gasteiger partial charge in [-0.3, -0.25) is 4.79 Å². The lowest BCUT2D eigenvalue weighted by Gasteiger charge is -2.38. The number of hydrogen-bond donors (Lipinski definition) is 0. The van der Waals surface area contributed by atoms with E-state index in [9.17, 15) is 66.3 Å². The lowest BCUT2D eigenvalue weighted by Crippen LogP contribution is -2.54. The Morgan fingerprint density at radius 1 is 0.403 bits per heavy atom. The average Bonchev–Trinajstić information content (AvgIpc) is 3.23. The molecule has 0 spiro atoms. The van der Waals surface area contributed by atoms with Gasteiger partial charge in [0.25, 0.3) is 0 Å². The molecule has 6 rings (SSSR count). The molecule has 0 saturated carbocycles. The van der Waals surface area contributed by atoms with E-state index in [0.29, 0.717) is 48.6 Å². The van der Waals surface area contributed by atoms with E-state index in [4.69, 9.17) is 14.2 Å². The molecule has 6 aromatic carbocycles. The molecule has 0 aliphatic heterocycles. The van der Waals surface area contributed by atoms with E-state index >= 15 is 0 Å². The molecule has 62 heavy (non-hydrogen) atoms. The van der Waals surface area contributed by atoms with Crippen LogP contribution < -0.4 is 14.2 Å². The molecular weight excluding hydrogens is 858 g/mol. The normalized spacial score (nSPS) is 11.9. The minimum Gasteiger partial charge on any atom is -0.457 e. The van der Waals surface area contributed by atoms with Gasteiger partial charge in [-0.05, 0) is 83.9 Å². The average molecular weight is 881 g/mol. The molecule has 0 atom stereocenters. The first-order chi connectivity index (χ1) is 29.2. The van der Waals surface area contributed by atoms with Crippen molar-refractivity contribution in [3.8, 4) is 34.5 Å². The van der Waals surface area contributed by atoms with Gasteiger partial charge in [0.05, 0.1) is 11.1 Å². The molecule has 0 radical (unpaired) electrons. The largest absolute Gasteiger partial charge is 0.457 e. The zero-order chi connectivity index (χ0) is 45.5. The van der Waals surface area contributed by atoms with E-state index in [2.05, 4.69) is 13.2 Å². The van der Waals surface area contributed by atoms with Crippen molar-refractivity contribution < 1.29 is 80.5 Å². The van der Waals surface area contributed by atoms with Crippen LogP contribution in [0.15, 0.2) is 110 Å². The van der Waals surface area contributed by atoms with Crippen LogP contribution in [0.3, 0.4) is 0 Å². The molecule has 18 heteroatoms. The highest BCUT2D eigenvalue weighted by Crippen LogP contribution is 2.56. The van der Waals surface area contributed by atoms with Crippen LogP contribution in [0.1, 0.15) is 38.2 Å². The second-order valence-corrected chi connectivity index (χ2v) is 12.9. The predicted octanol–water partition coefficient (Wildman–Crippen LogP) is 14.1. The molecular formula is C44H22F14O4. The molecule has 0 aliphatic rings. The predicted molar refractivity (Wildman–Crippen MR) is 195 cm³/mol. The van der Waals surface area contributed by atoms with Crippen molar-refractivity contribution >= 4 is 17.9 Å². The first-order valence-electron chi connectivity index (χ1n) is 17.3. The van der Waals surface area contributed by atoms with Gasteiger partial charge >= 0.3 is 12.4 Å². The Hall–Kier alpha value is -7.11. The van der Waals surface area contributed by atoms with Crippen LogP contribution in [0.25, 0.3) is 12.2 Å². The number of hydrogen-bond acceptors (Lipinski definition) is 4. The topological polar surface area (TPSA) is 44.8 Å². The highest BCUT2D eigenvalue weighted by molar-refractivity contribution is 6.09. The molecule has 6 aromatic rings. The molecule has 0 unspecified atom stereocenters. The van der Waals surface area contributed by atoms with E-state index in [1.54, 1.807) is 0 Å². The number of halogens is 14. The molecule has 4 nitrogen and oxygen atoms in total. The summed E-state index contributed by atoms with van der Waals surface area (Å²) in [5.74, 6) is -20.0. The van der Waals surface area contributed by atoms with Gasteiger partial charge in [0.1, 0.15) is 23.0 Å². The fourth-order valence-electron chi connectivity index (χ4n) is 6.21. The first kappa shape index (κ1) is 44.4. The van der Waals surface area contributed by atoms with Gasteiger partial charge in [0.15, 0.2) is 29.1 Å². The molecule has 0 N–H and O–H groups in total. The monoisotopic (exact) mass is 880 g/mol. The van der Waals surface area contributed by atoms with E-state index in [1.165, 1.54) is 36.4 Å². The smallest absolute Gasteiger partial charge is 0.411 e. The quantitative estimate of drug-likeness (QED) is 0.0698. The third-order valence-corrected chi connectivity index (χ3v) is 9.26. The number of benzene rings is 6. The van der Waals surface area contributed by atoms with Crippen LogP contribution in [-0.4, -0.2) is 18.1 Å². The molecule has 0 amide bonds. The number of carbonyl (C=O) groups is 1. The Balaban J connectivity index is 1.20. The lowest BCUT2D eigenvalue weighted by atomic mass is 9.73. The van der Waals surface area contributed by atoms with Crippen molar-refractivity contribution in [1.82, 2.24) is 0 Å². The summed E-state index contributed by atoms with van der Waals surface area (Å²) in [6, 6.07) is 13.7. The fraction of sp³-hybridized carbons (Fsp3) is 0.0682. The summed E-state index contributed by atoms with van der Waals surface area (Å²) in [6.45, 7) is 6.11. The third kappa shape index (κ3) is 7.83. The Bertz CT molecular complexity index is 2620. The Morgan fingerprint density at radius 3 is 0.919 bits per heavy atom. The van der Waals surface area contributed by atoms with Crippen LogP contribution in [0, 0.1) is 46.5 Å². The molecule has 0 heterocycles. The maximum Gasteiger partial charge on any atom is 0.411 e. The van der Waals surface area contributed by atoms with Crippen LogP contribution >= 0.6 is 0 Å². The lowest BCUT2D eigenvalue weighted by molar-refractivity contribution is -0.288. The zero-order valence-corrected chi connectivity index (χ0v) is 30.7. The molecule has 0 fully saturated rings. The summed E-state index contributed by atoms with van der Waals surface area (Å²) in [5.41, 5.74) is -9.64. The van der Waals surface area contributed by atoms with E-state index in [1.807, 2.05) is 0 Å². The minimum atomic E-state index is -6.07. The molecule has 0 aliphatic carbocycles. The number of alkyl halides is 6. The minimum absolute atomic E-state index is 0.00835. The second kappa shape index (κ2) is 16.7. The van der Waals surface area contributed by atoms with Crippen molar-refractivity contribution in [3.63, 3.8) is 0 Å². The molecule has 0 bridgehead atoms. The Morgan fingerprint density at radius 2 is 0.661 bits per heavy atom.